The summed E-state index contributed by atoms with van der Waals surface area (Å²) < 4.78 is 1.17. The Morgan fingerprint density at radius 3 is 1.44 bits per heavy atom. The van der Waals surface area contributed by atoms with Gasteiger partial charge in [-0.2, -0.15) is 0 Å². The second-order valence-corrected chi connectivity index (χ2v) is 8.40. The molecule has 0 bridgehead atoms. The SMILES string of the molecule is Cc1cc(C)c(C(Br)=C(c2ccccc2)c2c(C)cc(C)cc2C)c(C)c1. The van der Waals surface area contributed by atoms with Crippen LogP contribution in [-0.4, -0.2) is 0 Å². The molecule has 3 aromatic carbocycles. The molecule has 3 rings (SSSR count). The van der Waals surface area contributed by atoms with Crippen LogP contribution in [-0.2, 0) is 0 Å². The van der Waals surface area contributed by atoms with E-state index in [1.807, 2.05) is 0 Å². The van der Waals surface area contributed by atoms with Gasteiger partial charge in [-0.25, -0.2) is 0 Å². The summed E-state index contributed by atoms with van der Waals surface area (Å²) in [5, 5.41) is 0. The maximum Gasteiger partial charge on any atom is 0.0337 e. The van der Waals surface area contributed by atoms with Crippen molar-refractivity contribution in [1.82, 2.24) is 0 Å². The van der Waals surface area contributed by atoms with Crippen LogP contribution in [0.2, 0.25) is 0 Å². The van der Waals surface area contributed by atoms with Crippen LogP contribution in [0.5, 0.6) is 0 Å². The van der Waals surface area contributed by atoms with Crippen molar-refractivity contribution in [2.45, 2.75) is 41.5 Å². The molecule has 0 spiro atoms. The number of rotatable bonds is 3. The Morgan fingerprint density at radius 2 is 1.00 bits per heavy atom. The lowest BCUT2D eigenvalue weighted by Crippen LogP contribution is -2.00. The molecule has 0 atom stereocenters. The van der Waals surface area contributed by atoms with Gasteiger partial charge in [-0.15, -0.1) is 0 Å². The number of aryl methyl sites for hydroxylation is 6. The summed E-state index contributed by atoms with van der Waals surface area (Å²) in [6.07, 6.45) is 0. The Morgan fingerprint density at radius 1 is 0.593 bits per heavy atom. The smallest absolute Gasteiger partial charge is 0.0337 e. The van der Waals surface area contributed by atoms with E-state index in [-0.39, 0.29) is 0 Å². The normalized spacial score (nSPS) is 12.1. The van der Waals surface area contributed by atoms with Gasteiger partial charge in [0.25, 0.3) is 0 Å². The monoisotopic (exact) mass is 418 g/mol. The summed E-state index contributed by atoms with van der Waals surface area (Å²) >= 11 is 4.02. The van der Waals surface area contributed by atoms with Gasteiger partial charge in [0.1, 0.15) is 0 Å². The molecule has 0 amide bonds. The first-order chi connectivity index (χ1) is 12.8. The molecular weight excluding hydrogens is 392 g/mol. The topological polar surface area (TPSA) is 0 Å². The highest BCUT2D eigenvalue weighted by atomic mass is 79.9. The zero-order valence-corrected chi connectivity index (χ0v) is 18.7. The van der Waals surface area contributed by atoms with Crippen LogP contribution in [0.4, 0.5) is 0 Å². The quantitative estimate of drug-likeness (QED) is 0.379. The molecule has 0 aliphatic rings. The number of halogens is 1. The van der Waals surface area contributed by atoms with E-state index >= 15 is 0 Å². The van der Waals surface area contributed by atoms with E-state index in [4.69, 9.17) is 0 Å². The van der Waals surface area contributed by atoms with Gasteiger partial charge in [-0.3, -0.25) is 0 Å². The zero-order chi connectivity index (χ0) is 19.7. The fraction of sp³-hybridized carbons (Fsp3) is 0.231. The average molecular weight is 419 g/mol. The average Bonchev–Trinajstić information content (AvgIpc) is 2.57. The predicted octanol–water partition coefficient (Wildman–Crippen LogP) is 7.85. The molecule has 0 N–H and O–H groups in total. The van der Waals surface area contributed by atoms with Gasteiger partial charge in [-0.05, 0) is 96.4 Å². The second-order valence-electron chi connectivity index (χ2n) is 7.60. The van der Waals surface area contributed by atoms with Crippen LogP contribution >= 0.6 is 15.9 Å². The molecule has 0 nitrogen and oxygen atoms in total. The maximum absolute atomic E-state index is 4.02. The Balaban J connectivity index is 2.41. The minimum absolute atomic E-state index is 1.17. The van der Waals surface area contributed by atoms with Gasteiger partial charge in [-0.1, -0.05) is 65.7 Å². The van der Waals surface area contributed by atoms with E-state index in [1.54, 1.807) is 0 Å². The van der Waals surface area contributed by atoms with E-state index < -0.39 is 0 Å². The molecule has 0 aliphatic heterocycles. The van der Waals surface area contributed by atoms with Crippen LogP contribution < -0.4 is 0 Å². The van der Waals surface area contributed by atoms with Crippen molar-refractivity contribution in [3.8, 4) is 0 Å². The summed E-state index contributed by atoms with van der Waals surface area (Å²) in [4.78, 5) is 0. The fourth-order valence-electron chi connectivity index (χ4n) is 4.21. The maximum atomic E-state index is 4.02. The molecule has 0 saturated heterocycles. The Hall–Kier alpha value is -2.12. The van der Waals surface area contributed by atoms with Gasteiger partial charge in [0, 0.05) is 10.1 Å². The second kappa shape index (κ2) is 7.86. The fourth-order valence-corrected chi connectivity index (χ4v) is 5.26. The van der Waals surface area contributed by atoms with Gasteiger partial charge in [0.2, 0.25) is 0 Å². The van der Waals surface area contributed by atoms with Crippen molar-refractivity contribution in [3.63, 3.8) is 0 Å². The van der Waals surface area contributed by atoms with E-state index in [1.165, 1.54) is 60.1 Å². The molecule has 27 heavy (non-hydrogen) atoms. The van der Waals surface area contributed by atoms with E-state index in [9.17, 15) is 0 Å². The van der Waals surface area contributed by atoms with Gasteiger partial charge >= 0.3 is 0 Å². The van der Waals surface area contributed by atoms with Crippen LogP contribution in [0.1, 0.15) is 50.1 Å². The summed E-state index contributed by atoms with van der Waals surface area (Å²) in [6, 6.07) is 19.8. The van der Waals surface area contributed by atoms with E-state index in [0.717, 1.165) is 0 Å². The zero-order valence-electron chi connectivity index (χ0n) is 17.1. The standard InChI is InChI=1S/C26H27Br/c1-16-12-18(3)23(19(4)13-16)25(22-10-8-7-9-11-22)26(27)24-20(5)14-17(2)15-21(24)6/h7-15H,1-6H3. The van der Waals surface area contributed by atoms with Crippen LogP contribution in [0.3, 0.4) is 0 Å². The molecular formula is C26H27Br. The Bertz CT molecular complexity index is 977. The van der Waals surface area contributed by atoms with Gasteiger partial charge < -0.3 is 0 Å². The minimum Gasteiger partial charge on any atom is -0.0622 e. The molecule has 1 heteroatoms. The summed E-state index contributed by atoms with van der Waals surface area (Å²) in [6.45, 7) is 13.2. The van der Waals surface area contributed by atoms with Crippen molar-refractivity contribution >= 4 is 26.0 Å². The number of hydrogen-bond donors (Lipinski definition) is 0. The lowest BCUT2D eigenvalue weighted by atomic mass is 9.87. The third-order valence-corrected chi connectivity index (χ3v) is 5.90. The van der Waals surface area contributed by atoms with Gasteiger partial charge in [0.15, 0.2) is 0 Å². The Kier molecular flexibility index (Phi) is 5.72. The molecule has 0 fully saturated rings. The molecule has 0 heterocycles. The first kappa shape index (κ1) is 19.6. The van der Waals surface area contributed by atoms with Crippen LogP contribution in [0, 0.1) is 41.5 Å². The first-order valence-electron chi connectivity index (χ1n) is 9.41. The molecule has 0 saturated carbocycles. The highest BCUT2D eigenvalue weighted by molar-refractivity contribution is 9.15. The molecule has 0 radical (unpaired) electrons. The van der Waals surface area contributed by atoms with Crippen LogP contribution in [0.25, 0.3) is 10.1 Å². The van der Waals surface area contributed by atoms with Crippen molar-refractivity contribution in [1.29, 1.82) is 0 Å². The van der Waals surface area contributed by atoms with Crippen molar-refractivity contribution < 1.29 is 0 Å². The highest BCUT2D eigenvalue weighted by Gasteiger charge is 2.18. The highest BCUT2D eigenvalue weighted by Crippen LogP contribution is 2.41. The third-order valence-electron chi connectivity index (χ3n) is 5.11. The lowest BCUT2D eigenvalue weighted by molar-refractivity contribution is 1.28. The third kappa shape index (κ3) is 3.94. The van der Waals surface area contributed by atoms with E-state index in [0.29, 0.717) is 0 Å². The van der Waals surface area contributed by atoms with Gasteiger partial charge in [0.05, 0.1) is 0 Å². The predicted molar refractivity (Wildman–Crippen MR) is 123 cm³/mol. The largest absolute Gasteiger partial charge is 0.0622 e. The Labute approximate surface area is 172 Å². The lowest BCUT2D eigenvalue weighted by Gasteiger charge is -2.20. The summed E-state index contributed by atoms with van der Waals surface area (Å²) in [7, 11) is 0. The molecule has 0 aliphatic carbocycles. The summed E-state index contributed by atoms with van der Waals surface area (Å²) in [5.41, 5.74) is 12.9. The van der Waals surface area contributed by atoms with Crippen molar-refractivity contribution in [2.75, 3.05) is 0 Å². The number of benzene rings is 3. The van der Waals surface area contributed by atoms with Crippen LogP contribution in [0.15, 0.2) is 54.6 Å². The van der Waals surface area contributed by atoms with E-state index in [2.05, 4.69) is 112 Å². The molecule has 0 aromatic heterocycles. The van der Waals surface area contributed by atoms with Crippen molar-refractivity contribution in [3.05, 3.63) is 105 Å². The minimum atomic E-state index is 1.17. The first-order valence-corrected chi connectivity index (χ1v) is 10.2. The summed E-state index contributed by atoms with van der Waals surface area (Å²) in [5.74, 6) is 0. The molecule has 3 aromatic rings. The molecule has 138 valence electrons. The van der Waals surface area contributed by atoms with Crippen molar-refractivity contribution in [2.24, 2.45) is 0 Å². The molecule has 0 unspecified atom stereocenters. The number of hydrogen-bond acceptors (Lipinski definition) is 0.